The van der Waals surface area contributed by atoms with Crippen LogP contribution in [-0.4, -0.2) is 10.1 Å². The monoisotopic (exact) mass is 211 g/mol. The first-order valence-electron chi connectivity index (χ1n) is 5.15. The van der Waals surface area contributed by atoms with E-state index < -0.39 is 0 Å². The first-order valence-corrected chi connectivity index (χ1v) is 5.15. The average Bonchev–Trinajstić information content (AvgIpc) is 2.32. The van der Waals surface area contributed by atoms with E-state index >= 15 is 0 Å². The van der Waals surface area contributed by atoms with Crippen LogP contribution in [0.25, 0.3) is 12.2 Å². The van der Waals surface area contributed by atoms with Crippen LogP contribution >= 0.6 is 0 Å². The van der Waals surface area contributed by atoms with Crippen LogP contribution in [0.4, 0.5) is 0 Å². The van der Waals surface area contributed by atoms with Gasteiger partial charge >= 0.3 is 0 Å². The van der Waals surface area contributed by atoms with Crippen molar-refractivity contribution in [3.8, 4) is 5.75 Å². The summed E-state index contributed by atoms with van der Waals surface area (Å²) in [6, 6.07) is 13.4. The van der Waals surface area contributed by atoms with Crippen molar-refractivity contribution in [1.82, 2.24) is 4.98 Å². The Hall–Kier alpha value is -2.09. The van der Waals surface area contributed by atoms with Crippen molar-refractivity contribution in [1.29, 1.82) is 0 Å². The third-order valence-electron chi connectivity index (χ3n) is 2.27. The Labute approximate surface area is 94.9 Å². The highest BCUT2D eigenvalue weighted by atomic mass is 16.3. The van der Waals surface area contributed by atoms with Gasteiger partial charge in [-0.2, -0.15) is 0 Å². The van der Waals surface area contributed by atoms with Gasteiger partial charge in [-0.05, 0) is 30.7 Å². The zero-order valence-electron chi connectivity index (χ0n) is 9.09. The predicted octanol–water partition coefficient (Wildman–Crippen LogP) is 3.27. The standard InChI is InChI=1S/C14H13NO/c1-11-7-10-14(16)13(15-11)9-8-12-5-3-2-4-6-12/h2-10,16H,1H3. The fourth-order valence-corrected chi connectivity index (χ4v) is 1.43. The summed E-state index contributed by atoms with van der Waals surface area (Å²) in [5.41, 5.74) is 2.58. The summed E-state index contributed by atoms with van der Waals surface area (Å²) in [5.74, 6) is 0.206. The van der Waals surface area contributed by atoms with Crippen LogP contribution < -0.4 is 0 Å². The Kier molecular flexibility index (Phi) is 3.01. The molecule has 0 saturated heterocycles. The van der Waals surface area contributed by atoms with Gasteiger partial charge in [0.2, 0.25) is 0 Å². The third-order valence-corrected chi connectivity index (χ3v) is 2.27. The zero-order valence-corrected chi connectivity index (χ0v) is 9.09. The normalized spacial score (nSPS) is 10.8. The summed E-state index contributed by atoms with van der Waals surface area (Å²) < 4.78 is 0. The van der Waals surface area contributed by atoms with Crippen LogP contribution in [0, 0.1) is 6.92 Å². The van der Waals surface area contributed by atoms with Crippen LogP contribution in [0.1, 0.15) is 17.0 Å². The molecule has 0 saturated carbocycles. The number of benzene rings is 1. The van der Waals surface area contributed by atoms with Crippen molar-refractivity contribution in [3.63, 3.8) is 0 Å². The largest absolute Gasteiger partial charge is 0.506 e. The number of pyridine rings is 1. The lowest BCUT2D eigenvalue weighted by molar-refractivity contribution is 0.471. The number of rotatable bonds is 2. The molecule has 0 atom stereocenters. The molecule has 2 aromatic rings. The minimum absolute atomic E-state index is 0.206. The van der Waals surface area contributed by atoms with Crippen molar-refractivity contribution in [2.45, 2.75) is 6.92 Å². The highest BCUT2D eigenvalue weighted by molar-refractivity contribution is 5.70. The second-order valence-electron chi connectivity index (χ2n) is 3.60. The fraction of sp³-hybridized carbons (Fsp3) is 0.0714. The van der Waals surface area contributed by atoms with Crippen LogP contribution in [0.5, 0.6) is 5.75 Å². The van der Waals surface area contributed by atoms with Gasteiger partial charge in [0.05, 0.1) is 0 Å². The molecule has 16 heavy (non-hydrogen) atoms. The number of aromatic hydroxyl groups is 1. The Morgan fingerprint density at radius 2 is 1.75 bits per heavy atom. The Bertz CT molecular complexity index is 503. The number of aryl methyl sites for hydroxylation is 1. The molecule has 0 fully saturated rings. The van der Waals surface area contributed by atoms with Crippen molar-refractivity contribution in [3.05, 3.63) is 59.4 Å². The molecule has 1 aromatic heterocycles. The van der Waals surface area contributed by atoms with E-state index in [1.54, 1.807) is 12.1 Å². The van der Waals surface area contributed by atoms with Gasteiger partial charge in [0.1, 0.15) is 11.4 Å². The lowest BCUT2D eigenvalue weighted by atomic mass is 10.2. The average molecular weight is 211 g/mol. The van der Waals surface area contributed by atoms with Crippen LogP contribution in [0.15, 0.2) is 42.5 Å². The molecule has 80 valence electrons. The molecule has 1 heterocycles. The van der Waals surface area contributed by atoms with Crippen molar-refractivity contribution >= 4 is 12.2 Å². The molecule has 0 radical (unpaired) electrons. The number of aromatic nitrogens is 1. The van der Waals surface area contributed by atoms with Crippen molar-refractivity contribution < 1.29 is 5.11 Å². The van der Waals surface area contributed by atoms with E-state index in [0.717, 1.165) is 11.3 Å². The molecule has 0 unspecified atom stereocenters. The van der Waals surface area contributed by atoms with Gasteiger partial charge in [0.15, 0.2) is 0 Å². The Balaban J connectivity index is 2.27. The minimum Gasteiger partial charge on any atom is -0.506 e. The van der Waals surface area contributed by atoms with Crippen LogP contribution in [0.3, 0.4) is 0 Å². The molecular formula is C14H13NO. The molecular weight excluding hydrogens is 198 g/mol. The number of nitrogens with zero attached hydrogens (tertiary/aromatic N) is 1. The summed E-state index contributed by atoms with van der Waals surface area (Å²) >= 11 is 0. The maximum absolute atomic E-state index is 9.60. The molecule has 0 bridgehead atoms. The smallest absolute Gasteiger partial charge is 0.141 e. The van der Waals surface area contributed by atoms with E-state index in [1.807, 2.05) is 49.4 Å². The zero-order chi connectivity index (χ0) is 11.4. The lowest BCUT2D eigenvalue weighted by Gasteiger charge is -1.99. The minimum atomic E-state index is 0.206. The maximum atomic E-state index is 9.60. The van der Waals surface area contributed by atoms with E-state index in [0.29, 0.717) is 5.69 Å². The SMILES string of the molecule is Cc1ccc(O)c(C=Cc2ccccc2)n1. The van der Waals surface area contributed by atoms with Crippen molar-refractivity contribution in [2.24, 2.45) is 0 Å². The highest BCUT2D eigenvalue weighted by Crippen LogP contribution is 2.17. The summed E-state index contributed by atoms with van der Waals surface area (Å²) in [4.78, 5) is 4.25. The van der Waals surface area contributed by atoms with E-state index in [-0.39, 0.29) is 5.75 Å². The summed E-state index contributed by atoms with van der Waals surface area (Å²) in [6.07, 6.45) is 3.75. The topological polar surface area (TPSA) is 33.1 Å². The molecule has 2 nitrogen and oxygen atoms in total. The van der Waals surface area contributed by atoms with Crippen LogP contribution in [-0.2, 0) is 0 Å². The first-order chi connectivity index (χ1) is 7.75. The molecule has 0 amide bonds. The summed E-state index contributed by atoms with van der Waals surface area (Å²) in [6.45, 7) is 1.90. The number of hydrogen-bond acceptors (Lipinski definition) is 2. The van der Waals surface area contributed by atoms with Crippen LogP contribution in [0.2, 0.25) is 0 Å². The fourth-order valence-electron chi connectivity index (χ4n) is 1.43. The molecule has 0 aliphatic heterocycles. The van der Waals surface area contributed by atoms with Gasteiger partial charge in [-0.25, -0.2) is 4.98 Å². The van der Waals surface area contributed by atoms with Gasteiger partial charge < -0.3 is 5.11 Å². The van der Waals surface area contributed by atoms with Gasteiger partial charge in [-0.15, -0.1) is 0 Å². The van der Waals surface area contributed by atoms with Gasteiger partial charge in [0.25, 0.3) is 0 Å². The van der Waals surface area contributed by atoms with Gasteiger partial charge in [-0.1, -0.05) is 36.4 Å². The quantitative estimate of drug-likeness (QED) is 0.827. The van der Waals surface area contributed by atoms with Crippen molar-refractivity contribution in [2.75, 3.05) is 0 Å². The third kappa shape index (κ3) is 2.48. The molecule has 0 spiro atoms. The molecule has 1 aromatic carbocycles. The lowest BCUT2D eigenvalue weighted by Crippen LogP contribution is -1.85. The highest BCUT2D eigenvalue weighted by Gasteiger charge is 1.98. The Morgan fingerprint density at radius 3 is 2.50 bits per heavy atom. The molecule has 0 aliphatic carbocycles. The maximum Gasteiger partial charge on any atom is 0.141 e. The summed E-state index contributed by atoms with van der Waals surface area (Å²) in [7, 11) is 0. The first kappa shape index (κ1) is 10.4. The Morgan fingerprint density at radius 1 is 1.00 bits per heavy atom. The molecule has 0 aliphatic rings. The molecule has 1 N–H and O–H groups in total. The second-order valence-corrected chi connectivity index (χ2v) is 3.60. The molecule has 2 rings (SSSR count). The second kappa shape index (κ2) is 4.62. The van der Waals surface area contributed by atoms with Gasteiger partial charge in [-0.3, -0.25) is 0 Å². The van der Waals surface area contributed by atoms with Gasteiger partial charge in [0, 0.05) is 5.69 Å². The summed E-state index contributed by atoms with van der Waals surface area (Å²) in [5, 5.41) is 9.60. The van der Waals surface area contributed by atoms with E-state index in [9.17, 15) is 5.11 Å². The molecule has 2 heteroatoms. The van der Waals surface area contributed by atoms with E-state index in [2.05, 4.69) is 4.98 Å². The van der Waals surface area contributed by atoms with E-state index in [1.165, 1.54) is 0 Å². The number of hydrogen-bond donors (Lipinski definition) is 1. The van der Waals surface area contributed by atoms with E-state index in [4.69, 9.17) is 0 Å². The predicted molar refractivity (Wildman–Crippen MR) is 66.0 cm³/mol.